The van der Waals surface area contributed by atoms with Gasteiger partial charge in [0, 0.05) is 18.0 Å². The molecule has 140 valence electrons. The van der Waals surface area contributed by atoms with Crippen LogP contribution in [-0.4, -0.2) is 64.3 Å². The highest BCUT2D eigenvalue weighted by atomic mass is 16.2. The molecule has 0 saturated carbocycles. The number of tetrazole rings is 1. The van der Waals surface area contributed by atoms with Crippen molar-refractivity contribution >= 4 is 5.91 Å². The molecule has 11 nitrogen and oxygen atoms in total. The minimum atomic E-state index is -0.188. The normalized spacial score (nSPS) is 14.5. The van der Waals surface area contributed by atoms with E-state index in [0.717, 1.165) is 18.7 Å². The second-order valence-electron chi connectivity index (χ2n) is 6.35. The number of aromatic nitrogens is 8. The summed E-state index contributed by atoms with van der Waals surface area (Å²) in [6.07, 6.45) is 5.75. The number of carbonyl (C=O) groups is 1. The molecule has 1 amide bonds. The Hall–Kier alpha value is -3.21. The van der Waals surface area contributed by atoms with Crippen molar-refractivity contribution in [3.63, 3.8) is 0 Å². The molecular formula is C16H20N10O. The van der Waals surface area contributed by atoms with Crippen molar-refractivity contribution < 1.29 is 4.79 Å². The molecule has 0 spiro atoms. The Morgan fingerprint density at radius 3 is 2.85 bits per heavy atom. The van der Waals surface area contributed by atoms with E-state index in [0.29, 0.717) is 24.0 Å². The van der Waals surface area contributed by atoms with Crippen LogP contribution in [0.4, 0.5) is 0 Å². The van der Waals surface area contributed by atoms with Crippen molar-refractivity contribution in [1.29, 1.82) is 0 Å². The standard InChI is InChI=1S/C16H20N10O/c27-15(11-26-14(21-23-24-26)10-25-7-1-2-8-25)18-9-13-19-16(22-20-13)12-3-5-17-6-4-12/h3-6H,1-2,7-11H2,(H,18,27)(H,19,20,22). The molecule has 0 radical (unpaired) electrons. The average Bonchev–Trinajstić information content (AvgIpc) is 3.44. The predicted octanol–water partition coefficient (Wildman–Crippen LogP) is -0.235. The number of likely N-dealkylation sites (tertiary alicyclic amines) is 1. The van der Waals surface area contributed by atoms with Gasteiger partial charge in [0.1, 0.15) is 12.4 Å². The summed E-state index contributed by atoms with van der Waals surface area (Å²) in [4.78, 5) is 22.9. The zero-order chi connectivity index (χ0) is 18.5. The van der Waals surface area contributed by atoms with Gasteiger partial charge in [-0.25, -0.2) is 9.67 Å². The van der Waals surface area contributed by atoms with E-state index >= 15 is 0 Å². The van der Waals surface area contributed by atoms with Crippen LogP contribution in [0.25, 0.3) is 11.4 Å². The summed E-state index contributed by atoms with van der Waals surface area (Å²) in [6.45, 7) is 3.08. The molecule has 4 rings (SSSR count). The minimum absolute atomic E-state index is 0.0710. The number of H-pyrrole nitrogens is 1. The Labute approximate surface area is 155 Å². The smallest absolute Gasteiger partial charge is 0.242 e. The summed E-state index contributed by atoms with van der Waals surface area (Å²) in [6, 6.07) is 3.65. The number of hydrogen-bond acceptors (Lipinski definition) is 8. The highest BCUT2D eigenvalue weighted by Crippen LogP contribution is 2.12. The first-order chi connectivity index (χ1) is 13.3. The quantitative estimate of drug-likeness (QED) is 0.584. The summed E-state index contributed by atoms with van der Waals surface area (Å²) in [5.41, 5.74) is 0.860. The van der Waals surface area contributed by atoms with Gasteiger partial charge >= 0.3 is 0 Å². The Balaban J connectivity index is 1.30. The van der Waals surface area contributed by atoms with E-state index in [1.54, 1.807) is 12.4 Å². The van der Waals surface area contributed by atoms with Crippen LogP contribution >= 0.6 is 0 Å². The molecule has 3 aromatic heterocycles. The molecule has 11 heteroatoms. The number of nitrogens with one attached hydrogen (secondary N) is 2. The fourth-order valence-corrected chi connectivity index (χ4v) is 2.98. The Morgan fingerprint density at radius 1 is 1.22 bits per heavy atom. The molecule has 27 heavy (non-hydrogen) atoms. The van der Waals surface area contributed by atoms with Crippen LogP contribution in [0.15, 0.2) is 24.5 Å². The molecule has 0 atom stereocenters. The first kappa shape index (κ1) is 17.2. The third-order valence-electron chi connectivity index (χ3n) is 4.39. The van der Waals surface area contributed by atoms with Gasteiger partial charge in [0.15, 0.2) is 11.6 Å². The van der Waals surface area contributed by atoms with Gasteiger partial charge < -0.3 is 5.32 Å². The van der Waals surface area contributed by atoms with Crippen LogP contribution in [0.3, 0.4) is 0 Å². The zero-order valence-corrected chi connectivity index (χ0v) is 14.7. The van der Waals surface area contributed by atoms with Gasteiger partial charge in [-0.1, -0.05) is 0 Å². The number of amides is 1. The lowest BCUT2D eigenvalue weighted by molar-refractivity contribution is -0.122. The summed E-state index contributed by atoms with van der Waals surface area (Å²) < 4.78 is 1.54. The van der Waals surface area contributed by atoms with Gasteiger partial charge in [0.25, 0.3) is 0 Å². The summed E-state index contributed by atoms with van der Waals surface area (Å²) in [7, 11) is 0. The lowest BCUT2D eigenvalue weighted by atomic mass is 10.2. The molecule has 1 fully saturated rings. The molecule has 0 bridgehead atoms. The van der Waals surface area contributed by atoms with Crippen LogP contribution in [-0.2, 0) is 24.4 Å². The predicted molar refractivity (Wildman–Crippen MR) is 93.8 cm³/mol. The maximum absolute atomic E-state index is 12.2. The Bertz CT molecular complexity index is 884. The topological polar surface area (TPSA) is 130 Å². The molecule has 0 aromatic carbocycles. The van der Waals surface area contributed by atoms with Gasteiger partial charge in [-0.3, -0.25) is 19.8 Å². The van der Waals surface area contributed by atoms with Gasteiger partial charge in [0.05, 0.1) is 13.1 Å². The minimum Gasteiger partial charge on any atom is -0.347 e. The van der Waals surface area contributed by atoms with Crippen LogP contribution in [0.2, 0.25) is 0 Å². The van der Waals surface area contributed by atoms with Crippen molar-refractivity contribution in [3.05, 3.63) is 36.2 Å². The van der Waals surface area contributed by atoms with Crippen LogP contribution in [0.5, 0.6) is 0 Å². The fraction of sp³-hybridized carbons (Fsp3) is 0.438. The van der Waals surface area contributed by atoms with Crippen molar-refractivity contribution in [1.82, 2.24) is 50.6 Å². The first-order valence-corrected chi connectivity index (χ1v) is 8.84. The zero-order valence-electron chi connectivity index (χ0n) is 14.7. The monoisotopic (exact) mass is 368 g/mol. The van der Waals surface area contributed by atoms with Gasteiger partial charge in [0.2, 0.25) is 5.91 Å². The summed E-state index contributed by atoms with van der Waals surface area (Å²) in [5.74, 6) is 1.65. The van der Waals surface area contributed by atoms with Gasteiger partial charge in [-0.15, -0.1) is 5.10 Å². The highest BCUT2D eigenvalue weighted by Gasteiger charge is 2.17. The third kappa shape index (κ3) is 4.31. The molecular weight excluding hydrogens is 348 g/mol. The first-order valence-electron chi connectivity index (χ1n) is 8.84. The maximum Gasteiger partial charge on any atom is 0.242 e. The molecule has 0 unspecified atom stereocenters. The fourth-order valence-electron chi connectivity index (χ4n) is 2.98. The van der Waals surface area contributed by atoms with Crippen LogP contribution < -0.4 is 5.32 Å². The Kier molecular flexibility index (Phi) is 5.10. The van der Waals surface area contributed by atoms with E-state index in [1.165, 1.54) is 17.5 Å². The van der Waals surface area contributed by atoms with E-state index in [-0.39, 0.29) is 19.0 Å². The van der Waals surface area contributed by atoms with E-state index in [2.05, 4.69) is 45.9 Å². The second kappa shape index (κ2) is 7.99. The summed E-state index contributed by atoms with van der Waals surface area (Å²) in [5, 5.41) is 21.4. The van der Waals surface area contributed by atoms with Gasteiger partial charge in [-0.2, -0.15) is 5.10 Å². The largest absolute Gasteiger partial charge is 0.347 e. The van der Waals surface area contributed by atoms with E-state index in [4.69, 9.17) is 0 Å². The number of hydrogen-bond donors (Lipinski definition) is 2. The van der Waals surface area contributed by atoms with Gasteiger partial charge in [-0.05, 0) is 48.5 Å². The van der Waals surface area contributed by atoms with E-state index in [1.807, 2.05) is 12.1 Å². The number of nitrogens with zero attached hydrogens (tertiary/aromatic N) is 8. The molecule has 3 aromatic rings. The third-order valence-corrected chi connectivity index (χ3v) is 4.39. The number of pyridine rings is 1. The SMILES string of the molecule is O=C(Cn1nnnc1CN1CCCC1)NCc1nc(-c2ccncc2)n[nH]1. The number of carbonyl (C=O) groups excluding carboxylic acids is 1. The highest BCUT2D eigenvalue weighted by molar-refractivity contribution is 5.75. The van der Waals surface area contributed by atoms with E-state index in [9.17, 15) is 4.79 Å². The van der Waals surface area contributed by atoms with E-state index < -0.39 is 0 Å². The maximum atomic E-state index is 12.2. The molecule has 2 N–H and O–H groups in total. The lowest BCUT2D eigenvalue weighted by Gasteiger charge is -2.13. The lowest BCUT2D eigenvalue weighted by Crippen LogP contribution is -2.30. The van der Waals surface area contributed by atoms with Crippen molar-refractivity contribution in [3.8, 4) is 11.4 Å². The average molecular weight is 368 g/mol. The molecule has 0 aliphatic carbocycles. The molecule has 1 saturated heterocycles. The molecule has 1 aliphatic rings. The molecule has 4 heterocycles. The number of rotatable bonds is 7. The number of aromatic amines is 1. The Morgan fingerprint density at radius 2 is 2.04 bits per heavy atom. The van der Waals surface area contributed by atoms with Crippen molar-refractivity contribution in [2.45, 2.75) is 32.5 Å². The second-order valence-corrected chi connectivity index (χ2v) is 6.35. The molecule has 1 aliphatic heterocycles. The summed E-state index contributed by atoms with van der Waals surface area (Å²) >= 11 is 0. The van der Waals surface area contributed by atoms with Crippen LogP contribution in [0.1, 0.15) is 24.5 Å². The van der Waals surface area contributed by atoms with Crippen molar-refractivity contribution in [2.75, 3.05) is 13.1 Å². The van der Waals surface area contributed by atoms with Crippen molar-refractivity contribution in [2.24, 2.45) is 0 Å². The van der Waals surface area contributed by atoms with Crippen LogP contribution in [0, 0.1) is 0 Å².